The first-order chi connectivity index (χ1) is 8.97. The number of non-ortho nitro benzene ring substituents is 1. The number of benzene rings is 1. The van der Waals surface area contributed by atoms with Gasteiger partial charge in [-0.05, 0) is 24.5 Å². The highest BCUT2D eigenvalue weighted by molar-refractivity contribution is 8.01. The van der Waals surface area contributed by atoms with Crippen molar-refractivity contribution in [1.29, 1.82) is 0 Å². The second-order valence-electron chi connectivity index (χ2n) is 3.45. The normalized spacial score (nSPS) is 10.4. The zero-order valence-corrected chi connectivity index (χ0v) is 11.2. The Morgan fingerprint density at radius 1 is 1.53 bits per heavy atom. The highest BCUT2D eigenvalue weighted by Gasteiger charge is 2.17. The van der Waals surface area contributed by atoms with Crippen molar-refractivity contribution in [2.75, 3.05) is 0 Å². The van der Waals surface area contributed by atoms with Crippen LogP contribution in [-0.4, -0.2) is 25.4 Å². The van der Waals surface area contributed by atoms with Gasteiger partial charge in [-0.2, -0.15) is 4.37 Å². The summed E-state index contributed by atoms with van der Waals surface area (Å²) in [4.78, 5) is 25.6. The van der Waals surface area contributed by atoms with Crippen LogP contribution >= 0.6 is 23.3 Å². The maximum absolute atomic E-state index is 11.1. The van der Waals surface area contributed by atoms with Crippen molar-refractivity contribution in [3.8, 4) is 0 Å². The van der Waals surface area contributed by atoms with E-state index in [2.05, 4.69) is 9.36 Å². The monoisotopic (exact) mass is 297 g/mol. The van der Waals surface area contributed by atoms with E-state index in [9.17, 15) is 14.9 Å². The summed E-state index contributed by atoms with van der Waals surface area (Å²) in [5.41, 5.74) is -0.373. The van der Waals surface area contributed by atoms with Crippen LogP contribution in [0.25, 0.3) is 0 Å². The lowest BCUT2D eigenvalue weighted by Gasteiger charge is -2.02. The topological polar surface area (TPSA) is 106 Å². The number of carboxylic acid groups (broad SMARTS) is 1. The standard InChI is InChI=1S/C10H7N3O4S2/c1-5-11-10(19-12-5)18-8-3-2-6(13(16)17)4-7(8)9(14)15/h2-4H,1H3,(H,14,15). The molecule has 0 bridgehead atoms. The SMILES string of the molecule is Cc1nsc(Sc2ccc([N+](=O)[O-])cc2C(=O)O)n1. The number of aromatic carboxylic acids is 1. The van der Waals surface area contributed by atoms with Crippen molar-refractivity contribution in [3.63, 3.8) is 0 Å². The summed E-state index contributed by atoms with van der Waals surface area (Å²) in [6.07, 6.45) is 0. The Hall–Kier alpha value is -2.00. The minimum Gasteiger partial charge on any atom is -0.478 e. The molecule has 0 atom stereocenters. The first-order valence-corrected chi connectivity index (χ1v) is 6.56. The minimum absolute atomic E-state index is 0.118. The molecule has 0 aliphatic carbocycles. The number of carboxylic acids is 1. The van der Waals surface area contributed by atoms with Gasteiger partial charge >= 0.3 is 5.97 Å². The van der Waals surface area contributed by atoms with E-state index in [0.29, 0.717) is 15.1 Å². The molecule has 1 heterocycles. The number of hydrogen-bond donors (Lipinski definition) is 1. The Labute approximate surface area is 115 Å². The largest absolute Gasteiger partial charge is 0.478 e. The van der Waals surface area contributed by atoms with Crippen LogP contribution in [0.4, 0.5) is 5.69 Å². The first kappa shape index (κ1) is 13.4. The Morgan fingerprint density at radius 2 is 2.26 bits per heavy atom. The first-order valence-electron chi connectivity index (χ1n) is 4.97. The van der Waals surface area contributed by atoms with Gasteiger partial charge in [-0.25, -0.2) is 9.78 Å². The molecule has 2 aromatic rings. The van der Waals surface area contributed by atoms with Gasteiger partial charge in [-0.3, -0.25) is 10.1 Å². The van der Waals surface area contributed by atoms with Crippen LogP contribution in [0.2, 0.25) is 0 Å². The van der Waals surface area contributed by atoms with Crippen LogP contribution in [0.15, 0.2) is 27.4 Å². The van der Waals surface area contributed by atoms with E-state index in [1.165, 1.54) is 12.1 Å². The maximum Gasteiger partial charge on any atom is 0.337 e. The number of carbonyl (C=O) groups is 1. The molecule has 0 aliphatic heterocycles. The third-order valence-electron chi connectivity index (χ3n) is 2.11. The number of aryl methyl sites for hydroxylation is 1. The minimum atomic E-state index is -1.22. The fourth-order valence-electron chi connectivity index (χ4n) is 1.30. The van der Waals surface area contributed by atoms with Gasteiger partial charge in [-0.1, -0.05) is 11.8 Å². The van der Waals surface area contributed by atoms with Gasteiger partial charge in [0.05, 0.1) is 10.5 Å². The van der Waals surface area contributed by atoms with Gasteiger partial charge in [0.25, 0.3) is 5.69 Å². The fourth-order valence-corrected chi connectivity index (χ4v) is 3.01. The highest BCUT2D eigenvalue weighted by atomic mass is 32.2. The van der Waals surface area contributed by atoms with E-state index in [4.69, 9.17) is 5.11 Å². The molecule has 19 heavy (non-hydrogen) atoms. The number of nitro groups is 1. The van der Waals surface area contributed by atoms with Crippen molar-refractivity contribution < 1.29 is 14.8 Å². The summed E-state index contributed by atoms with van der Waals surface area (Å²) in [6, 6.07) is 3.71. The molecule has 1 aromatic heterocycles. The van der Waals surface area contributed by atoms with Crippen LogP contribution in [0.3, 0.4) is 0 Å². The van der Waals surface area contributed by atoms with Gasteiger partial charge < -0.3 is 5.11 Å². The maximum atomic E-state index is 11.1. The number of nitro benzene ring substituents is 1. The Kier molecular flexibility index (Phi) is 3.76. The molecule has 98 valence electrons. The van der Waals surface area contributed by atoms with E-state index in [1.807, 2.05) is 0 Å². The second-order valence-corrected chi connectivity index (χ2v) is 5.49. The van der Waals surface area contributed by atoms with Gasteiger partial charge in [-0.15, -0.1) is 0 Å². The molecule has 0 spiro atoms. The molecule has 0 saturated heterocycles. The van der Waals surface area contributed by atoms with Crippen molar-refractivity contribution in [2.45, 2.75) is 16.2 Å². The average Bonchev–Trinajstić information content (AvgIpc) is 2.74. The summed E-state index contributed by atoms with van der Waals surface area (Å²) in [6.45, 7) is 1.73. The molecule has 0 aliphatic rings. The lowest BCUT2D eigenvalue weighted by atomic mass is 10.2. The van der Waals surface area contributed by atoms with E-state index >= 15 is 0 Å². The lowest BCUT2D eigenvalue weighted by molar-refractivity contribution is -0.384. The summed E-state index contributed by atoms with van der Waals surface area (Å²) >= 11 is 2.28. The zero-order chi connectivity index (χ0) is 14.0. The molecular weight excluding hydrogens is 290 g/mol. The number of hydrogen-bond acceptors (Lipinski definition) is 7. The van der Waals surface area contributed by atoms with Crippen molar-refractivity contribution >= 4 is 35.0 Å². The predicted molar refractivity (Wildman–Crippen MR) is 68.8 cm³/mol. The van der Waals surface area contributed by atoms with Gasteiger partial charge in [0.15, 0.2) is 4.34 Å². The third kappa shape index (κ3) is 3.06. The Morgan fingerprint density at radius 3 is 2.79 bits per heavy atom. The van der Waals surface area contributed by atoms with Crippen molar-refractivity contribution in [3.05, 3.63) is 39.7 Å². The highest BCUT2D eigenvalue weighted by Crippen LogP contribution is 2.33. The van der Waals surface area contributed by atoms with E-state index in [0.717, 1.165) is 29.4 Å². The predicted octanol–water partition coefficient (Wildman–Crippen LogP) is 2.60. The van der Waals surface area contributed by atoms with Crippen LogP contribution in [-0.2, 0) is 0 Å². The summed E-state index contributed by atoms with van der Waals surface area (Å²) in [5.74, 6) is -0.612. The molecular formula is C10H7N3O4S2. The number of rotatable bonds is 4. The van der Waals surface area contributed by atoms with Gasteiger partial charge in [0, 0.05) is 17.0 Å². The number of aromatic nitrogens is 2. The lowest BCUT2D eigenvalue weighted by Crippen LogP contribution is -2.00. The average molecular weight is 297 g/mol. The van der Waals surface area contributed by atoms with Crippen LogP contribution in [0.1, 0.15) is 16.2 Å². The molecule has 0 fully saturated rings. The molecule has 0 saturated carbocycles. The van der Waals surface area contributed by atoms with Crippen LogP contribution in [0, 0.1) is 17.0 Å². The fraction of sp³-hybridized carbons (Fsp3) is 0.100. The van der Waals surface area contributed by atoms with Crippen molar-refractivity contribution in [1.82, 2.24) is 9.36 Å². The molecule has 2 rings (SSSR count). The molecule has 0 unspecified atom stereocenters. The Bertz CT molecular complexity index is 656. The summed E-state index contributed by atoms with van der Waals surface area (Å²) < 4.78 is 4.58. The van der Waals surface area contributed by atoms with E-state index in [1.54, 1.807) is 6.92 Å². The summed E-state index contributed by atoms with van der Waals surface area (Å²) in [7, 11) is 0. The van der Waals surface area contributed by atoms with Crippen molar-refractivity contribution in [2.24, 2.45) is 0 Å². The summed E-state index contributed by atoms with van der Waals surface area (Å²) in [5, 5.41) is 19.7. The molecule has 1 aromatic carbocycles. The second kappa shape index (κ2) is 5.33. The Balaban J connectivity index is 2.39. The quantitative estimate of drug-likeness (QED) is 0.682. The van der Waals surface area contributed by atoms with Crippen LogP contribution in [0.5, 0.6) is 0 Å². The molecule has 9 heteroatoms. The molecule has 0 radical (unpaired) electrons. The van der Waals surface area contributed by atoms with Crippen LogP contribution < -0.4 is 0 Å². The zero-order valence-electron chi connectivity index (χ0n) is 9.56. The van der Waals surface area contributed by atoms with Gasteiger partial charge in [0.2, 0.25) is 0 Å². The molecule has 0 amide bonds. The molecule has 7 nitrogen and oxygen atoms in total. The smallest absolute Gasteiger partial charge is 0.337 e. The number of nitrogens with zero attached hydrogens (tertiary/aromatic N) is 3. The third-order valence-corrected chi connectivity index (χ3v) is 4.03. The van der Waals surface area contributed by atoms with E-state index in [-0.39, 0.29) is 11.3 Å². The molecule has 1 N–H and O–H groups in total. The van der Waals surface area contributed by atoms with E-state index < -0.39 is 10.9 Å². The van der Waals surface area contributed by atoms with Gasteiger partial charge in [0.1, 0.15) is 5.82 Å².